The van der Waals surface area contributed by atoms with Crippen LogP contribution in [0.5, 0.6) is 0 Å². The van der Waals surface area contributed by atoms with E-state index in [0.717, 1.165) is 12.0 Å². The Morgan fingerprint density at radius 2 is 2.00 bits per heavy atom. The second-order valence-electron chi connectivity index (χ2n) is 3.43. The third-order valence-corrected chi connectivity index (χ3v) is 2.33. The lowest BCUT2D eigenvalue weighted by atomic mass is 9.98. The fourth-order valence-electron chi connectivity index (χ4n) is 1.49. The summed E-state index contributed by atoms with van der Waals surface area (Å²) in [6.07, 6.45) is 0.722. The lowest BCUT2D eigenvalue weighted by Gasteiger charge is -2.28. The summed E-state index contributed by atoms with van der Waals surface area (Å²) in [5, 5.41) is 0. The average molecular weight is 198 g/mol. The summed E-state index contributed by atoms with van der Waals surface area (Å²) < 4.78 is 5.34. The predicted molar refractivity (Wildman–Crippen MR) is 55.4 cm³/mol. The van der Waals surface area contributed by atoms with Crippen molar-refractivity contribution in [1.29, 1.82) is 0 Å². The van der Waals surface area contributed by atoms with E-state index in [0.29, 0.717) is 17.3 Å². The van der Waals surface area contributed by atoms with Gasteiger partial charge in [0, 0.05) is 5.57 Å². The van der Waals surface area contributed by atoms with Crippen LogP contribution in [0.3, 0.4) is 0 Å². The molecule has 0 fully saturated rings. The molecule has 5 nitrogen and oxygen atoms in total. The molecule has 2 atom stereocenters. The van der Waals surface area contributed by atoms with Gasteiger partial charge in [0.15, 0.2) is 5.88 Å². The van der Waals surface area contributed by atoms with Crippen molar-refractivity contribution in [2.24, 2.45) is 22.9 Å². The first-order valence-electron chi connectivity index (χ1n) is 4.66. The largest absolute Gasteiger partial charge is 0.442 e. The molecular weight excluding hydrogens is 180 g/mol. The van der Waals surface area contributed by atoms with Crippen LogP contribution >= 0.6 is 0 Å². The van der Waals surface area contributed by atoms with Crippen LogP contribution < -0.4 is 22.9 Å². The van der Waals surface area contributed by atoms with Crippen LogP contribution in [0.15, 0.2) is 22.9 Å². The lowest BCUT2D eigenvalue weighted by molar-refractivity contribution is 0.252. The van der Waals surface area contributed by atoms with Crippen molar-refractivity contribution in [3.05, 3.63) is 22.9 Å². The van der Waals surface area contributed by atoms with Crippen LogP contribution in [-0.4, -0.2) is 12.1 Å². The highest BCUT2D eigenvalue weighted by Gasteiger charge is 2.26. The Bertz CT molecular complexity index is 293. The lowest BCUT2D eigenvalue weighted by Crippen LogP contribution is -2.40. The second kappa shape index (κ2) is 3.89. The number of hydrogen-bond donors (Lipinski definition) is 4. The van der Waals surface area contributed by atoms with E-state index in [1.165, 1.54) is 0 Å². The Morgan fingerprint density at radius 1 is 1.43 bits per heavy atom. The zero-order valence-corrected chi connectivity index (χ0v) is 8.58. The highest BCUT2D eigenvalue weighted by atomic mass is 16.5. The molecule has 0 amide bonds. The van der Waals surface area contributed by atoms with Crippen molar-refractivity contribution in [2.45, 2.75) is 32.4 Å². The predicted octanol–water partition coefficient (Wildman–Crippen LogP) is -0.558. The van der Waals surface area contributed by atoms with E-state index >= 15 is 0 Å². The summed E-state index contributed by atoms with van der Waals surface area (Å²) in [5.41, 5.74) is 24.4. The van der Waals surface area contributed by atoms with E-state index in [1.807, 2.05) is 6.92 Å². The normalized spacial score (nSPS) is 25.0. The first-order valence-corrected chi connectivity index (χ1v) is 4.66. The zero-order chi connectivity index (χ0) is 10.9. The Hall–Kier alpha value is -1.20. The highest BCUT2D eigenvalue weighted by Crippen LogP contribution is 2.24. The van der Waals surface area contributed by atoms with Crippen LogP contribution in [0.2, 0.25) is 0 Å². The molecule has 0 bridgehead atoms. The fourth-order valence-corrected chi connectivity index (χ4v) is 1.49. The molecule has 1 aliphatic heterocycles. The molecule has 8 N–H and O–H groups in total. The average Bonchev–Trinajstić information content (AvgIpc) is 2.12. The van der Waals surface area contributed by atoms with Crippen LogP contribution in [0, 0.1) is 0 Å². The second-order valence-corrected chi connectivity index (χ2v) is 3.43. The zero-order valence-electron chi connectivity index (χ0n) is 8.58. The quantitative estimate of drug-likeness (QED) is 0.475. The smallest absolute Gasteiger partial charge is 0.191 e. The van der Waals surface area contributed by atoms with Gasteiger partial charge in [-0.1, -0.05) is 6.92 Å². The molecule has 5 heteroatoms. The Labute approximate surface area is 83.7 Å². The molecule has 1 heterocycles. The van der Waals surface area contributed by atoms with Gasteiger partial charge in [-0.2, -0.15) is 0 Å². The van der Waals surface area contributed by atoms with Crippen molar-refractivity contribution in [3.63, 3.8) is 0 Å². The van der Waals surface area contributed by atoms with Gasteiger partial charge >= 0.3 is 0 Å². The number of nitrogens with two attached hydrogens (primary N) is 4. The number of rotatable bonds is 2. The summed E-state index contributed by atoms with van der Waals surface area (Å²) in [6.45, 7) is 3.73. The van der Waals surface area contributed by atoms with Crippen molar-refractivity contribution in [3.8, 4) is 0 Å². The topological polar surface area (TPSA) is 113 Å². The SMILES string of the molecule is CCC1=C(N)OC(C(C)N)=C(N)C1N. The molecule has 0 aromatic heterocycles. The van der Waals surface area contributed by atoms with Crippen LogP contribution in [-0.2, 0) is 4.74 Å². The summed E-state index contributed by atoms with van der Waals surface area (Å²) in [5.74, 6) is 0.814. The highest BCUT2D eigenvalue weighted by molar-refractivity contribution is 5.33. The van der Waals surface area contributed by atoms with Gasteiger partial charge in [0.25, 0.3) is 0 Å². The molecule has 0 aliphatic carbocycles. The Morgan fingerprint density at radius 3 is 2.43 bits per heavy atom. The monoisotopic (exact) mass is 198 g/mol. The maximum atomic E-state index is 5.90. The van der Waals surface area contributed by atoms with Gasteiger partial charge in [-0.25, -0.2) is 0 Å². The van der Waals surface area contributed by atoms with E-state index < -0.39 is 0 Å². The van der Waals surface area contributed by atoms with Crippen molar-refractivity contribution < 1.29 is 4.74 Å². The van der Waals surface area contributed by atoms with Crippen LogP contribution in [0.4, 0.5) is 0 Å². The summed E-state index contributed by atoms with van der Waals surface area (Å²) in [6, 6.07) is -0.659. The molecule has 0 radical (unpaired) electrons. The summed E-state index contributed by atoms with van der Waals surface area (Å²) >= 11 is 0. The molecule has 1 aliphatic rings. The molecule has 0 saturated heterocycles. The van der Waals surface area contributed by atoms with Gasteiger partial charge in [-0.3, -0.25) is 0 Å². The summed E-state index contributed by atoms with van der Waals surface area (Å²) in [4.78, 5) is 0. The van der Waals surface area contributed by atoms with Crippen LogP contribution in [0.1, 0.15) is 20.3 Å². The number of ether oxygens (including phenoxy) is 1. The van der Waals surface area contributed by atoms with E-state index in [4.69, 9.17) is 27.7 Å². The van der Waals surface area contributed by atoms with Gasteiger partial charge in [0.05, 0.1) is 17.8 Å². The maximum Gasteiger partial charge on any atom is 0.191 e. The Balaban J connectivity index is 3.03. The molecule has 80 valence electrons. The first-order chi connectivity index (χ1) is 6.49. The molecule has 0 saturated carbocycles. The third kappa shape index (κ3) is 1.69. The van der Waals surface area contributed by atoms with Gasteiger partial charge in [0.2, 0.25) is 0 Å². The van der Waals surface area contributed by atoms with Gasteiger partial charge < -0.3 is 27.7 Å². The molecule has 0 spiro atoms. The number of hydrogen-bond acceptors (Lipinski definition) is 5. The van der Waals surface area contributed by atoms with Gasteiger partial charge in [0.1, 0.15) is 5.76 Å². The minimum absolute atomic E-state index is 0.294. The van der Waals surface area contributed by atoms with E-state index in [2.05, 4.69) is 0 Å². The van der Waals surface area contributed by atoms with Crippen molar-refractivity contribution in [1.82, 2.24) is 0 Å². The first kappa shape index (κ1) is 10.9. The summed E-state index contributed by atoms with van der Waals surface area (Å²) in [7, 11) is 0. The van der Waals surface area contributed by atoms with E-state index in [9.17, 15) is 0 Å². The molecule has 14 heavy (non-hydrogen) atoms. The molecule has 0 aromatic rings. The van der Waals surface area contributed by atoms with E-state index in [1.54, 1.807) is 6.92 Å². The minimum atomic E-state index is -0.366. The minimum Gasteiger partial charge on any atom is -0.442 e. The van der Waals surface area contributed by atoms with Crippen molar-refractivity contribution >= 4 is 0 Å². The molecule has 0 aromatic carbocycles. The molecule has 1 rings (SSSR count). The Kier molecular flexibility index (Phi) is 3.03. The van der Waals surface area contributed by atoms with E-state index in [-0.39, 0.29) is 12.1 Å². The van der Waals surface area contributed by atoms with Crippen molar-refractivity contribution in [2.75, 3.05) is 0 Å². The van der Waals surface area contributed by atoms with Gasteiger partial charge in [-0.05, 0) is 13.3 Å². The molecular formula is C9H18N4O. The van der Waals surface area contributed by atoms with Gasteiger partial charge in [-0.15, -0.1) is 0 Å². The third-order valence-electron chi connectivity index (χ3n) is 2.33. The molecule has 2 unspecified atom stereocenters. The fraction of sp³-hybridized carbons (Fsp3) is 0.556. The standard InChI is InChI=1S/C9H18N4O/c1-3-5-6(11)7(12)8(4(2)10)14-9(5)13/h4,6H,3,10-13H2,1-2H3. The maximum absolute atomic E-state index is 5.90. The van der Waals surface area contributed by atoms with Crippen LogP contribution in [0.25, 0.3) is 0 Å².